The zero-order valence-electron chi connectivity index (χ0n) is 10.2. The summed E-state index contributed by atoms with van der Waals surface area (Å²) in [7, 11) is 0. The predicted molar refractivity (Wildman–Crippen MR) is 80.7 cm³/mol. The zero-order chi connectivity index (χ0) is 13.1. The molecule has 0 amide bonds. The van der Waals surface area contributed by atoms with E-state index in [2.05, 4.69) is 29.0 Å². The van der Waals surface area contributed by atoms with Crippen LogP contribution in [0.5, 0.6) is 11.5 Å². The summed E-state index contributed by atoms with van der Waals surface area (Å²) in [6, 6.07) is 17.6. The van der Waals surface area contributed by atoms with Gasteiger partial charge in [0.15, 0.2) is 0 Å². The number of hydrogen-bond acceptors (Lipinski definition) is 3. The maximum Gasteiger partial charge on any atom is 0.127 e. The normalized spacial score (nSPS) is 10.3. The summed E-state index contributed by atoms with van der Waals surface area (Å²) >= 11 is 1.70. The Labute approximate surface area is 116 Å². The smallest absolute Gasteiger partial charge is 0.127 e. The zero-order valence-corrected chi connectivity index (χ0v) is 11.1. The summed E-state index contributed by atoms with van der Waals surface area (Å²) in [5.41, 5.74) is 8.82. The summed E-state index contributed by atoms with van der Waals surface area (Å²) in [5, 5.41) is 4.21. The van der Waals surface area contributed by atoms with Gasteiger partial charge >= 0.3 is 0 Å². The molecule has 2 aromatic carbocycles. The molecule has 0 unspecified atom stereocenters. The van der Waals surface area contributed by atoms with Crippen LogP contribution < -0.4 is 10.5 Å². The van der Waals surface area contributed by atoms with E-state index < -0.39 is 0 Å². The van der Waals surface area contributed by atoms with Gasteiger partial charge in [-0.3, -0.25) is 0 Å². The van der Waals surface area contributed by atoms with E-state index in [1.807, 2.05) is 36.4 Å². The lowest BCUT2D eigenvalue weighted by Gasteiger charge is -2.06. The molecule has 0 spiro atoms. The van der Waals surface area contributed by atoms with Gasteiger partial charge in [-0.15, -0.1) is 0 Å². The van der Waals surface area contributed by atoms with Crippen LogP contribution >= 0.6 is 11.3 Å². The molecular weight excluding hydrogens is 254 g/mol. The molecule has 0 bridgehead atoms. The first-order chi connectivity index (χ1) is 9.31. The molecule has 0 aliphatic heterocycles. The molecule has 3 rings (SSSR count). The number of nitrogens with two attached hydrogens (primary N) is 1. The highest BCUT2D eigenvalue weighted by molar-refractivity contribution is 7.08. The monoisotopic (exact) mass is 267 g/mol. The number of anilines is 1. The summed E-state index contributed by atoms with van der Waals surface area (Å²) in [4.78, 5) is 0. The second kappa shape index (κ2) is 5.16. The van der Waals surface area contributed by atoms with E-state index in [0.717, 1.165) is 17.2 Å². The molecule has 2 nitrogen and oxygen atoms in total. The second-order valence-electron chi connectivity index (χ2n) is 4.21. The molecule has 0 aliphatic carbocycles. The number of thiophene rings is 1. The fraction of sp³-hybridized carbons (Fsp3) is 0. The Morgan fingerprint density at radius 3 is 1.95 bits per heavy atom. The molecule has 3 aromatic rings. The van der Waals surface area contributed by atoms with E-state index in [0.29, 0.717) is 0 Å². The lowest BCUT2D eigenvalue weighted by atomic mass is 10.1. The molecular formula is C16H13NOS. The van der Waals surface area contributed by atoms with Gasteiger partial charge in [-0.2, -0.15) is 11.3 Å². The average molecular weight is 267 g/mol. The van der Waals surface area contributed by atoms with Crippen LogP contribution in [-0.2, 0) is 0 Å². The molecule has 0 fully saturated rings. The van der Waals surface area contributed by atoms with Gasteiger partial charge in [0.25, 0.3) is 0 Å². The average Bonchev–Trinajstić information content (AvgIpc) is 2.96. The van der Waals surface area contributed by atoms with Crippen LogP contribution in [0.4, 0.5) is 5.69 Å². The van der Waals surface area contributed by atoms with Crippen molar-refractivity contribution in [3.8, 4) is 22.6 Å². The van der Waals surface area contributed by atoms with Gasteiger partial charge in [-0.25, -0.2) is 0 Å². The largest absolute Gasteiger partial charge is 0.457 e. The number of nitrogen functional groups attached to an aromatic ring is 1. The van der Waals surface area contributed by atoms with Crippen LogP contribution in [0.2, 0.25) is 0 Å². The van der Waals surface area contributed by atoms with Crippen molar-refractivity contribution in [2.75, 3.05) is 5.73 Å². The van der Waals surface area contributed by atoms with E-state index in [9.17, 15) is 0 Å². The highest BCUT2D eigenvalue weighted by Gasteiger charge is 2.00. The fourth-order valence-corrected chi connectivity index (χ4v) is 2.48. The Bertz CT molecular complexity index is 642. The van der Waals surface area contributed by atoms with Crippen LogP contribution in [-0.4, -0.2) is 0 Å². The van der Waals surface area contributed by atoms with E-state index in [-0.39, 0.29) is 0 Å². The first-order valence-corrected chi connectivity index (χ1v) is 6.91. The minimum Gasteiger partial charge on any atom is -0.457 e. The molecule has 1 heterocycles. The maximum absolute atomic E-state index is 5.75. The van der Waals surface area contributed by atoms with Gasteiger partial charge in [0.1, 0.15) is 11.5 Å². The minimum atomic E-state index is 0.736. The highest BCUT2D eigenvalue weighted by Crippen LogP contribution is 2.27. The summed E-state index contributed by atoms with van der Waals surface area (Å²) in [6.45, 7) is 0. The van der Waals surface area contributed by atoms with Gasteiger partial charge in [0.2, 0.25) is 0 Å². The van der Waals surface area contributed by atoms with Gasteiger partial charge in [-0.05, 0) is 64.4 Å². The Kier molecular flexibility index (Phi) is 3.21. The third-order valence-electron chi connectivity index (χ3n) is 2.82. The number of hydrogen-bond donors (Lipinski definition) is 1. The molecule has 0 aliphatic rings. The molecule has 94 valence electrons. The van der Waals surface area contributed by atoms with Crippen LogP contribution in [0.1, 0.15) is 0 Å². The van der Waals surface area contributed by atoms with Crippen molar-refractivity contribution in [1.82, 2.24) is 0 Å². The van der Waals surface area contributed by atoms with Gasteiger partial charge < -0.3 is 10.5 Å². The quantitative estimate of drug-likeness (QED) is 0.692. The fourth-order valence-electron chi connectivity index (χ4n) is 1.82. The predicted octanol–water partition coefficient (Wildman–Crippen LogP) is 4.79. The SMILES string of the molecule is Nc1ccc(Oc2ccc(-c3ccsc3)cc2)cc1. The molecule has 3 heteroatoms. The lowest BCUT2D eigenvalue weighted by molar-refractivity contribution is 0.483. The third-order valence-corrected chi connectivity index (χ3v) is 3.51. The topological polar surface area (TPSA) is 35.2 Å². The standard InChI is InChI=1S/C16H13NOS/c17-14-3-7-16(8-4-14)18-15-5-1-12(2-6-15)13-9-10-19-11-13/h1-11H,17H2. The first-order valence-electron chi connectivity index (χ1n) is 5.97. The Morgan fingerprint density at radius 1 is 0.737 bits per heavy atom. The summed E-state index contributed by atoms with van der Waals surface area (Å²) in [6.07, 6.45) is 0. The molecule has 0 radical (unpaired) electrons. The number of rotatable bonds is 3. The van der Waals surface area contributed by atoms with E-state index in [1.165, 1.54) is 11.1 Å². The van der Waals surface area contributed by atoms with Gasteiger partial charge in [0, 0.05) is 5.69 Å². The Morgan fingerprint density at radius 2 is 1.37 bits per heavy atom. The van der Waals surface area contributed by atoms with Gasteiger partial charge in [-0.1, -0.05) is 12.1 Å². The van der Waals surface area contributed by atoms with E-state index >= 15 is 0 Å². The molecule has 1 aromatic heterocycles. The van der Waals surface area contributed by atoms with Crippen molar-refractivity contribution in [1.29, 1.82) is 0 Å². The Balaban J connectivity index is 1.77. The van der Waals surface area contributed by atoms with E-state index in [4.69, 9.17) is 10.5 Å². The van der Waals surface area contributed by atoms with Crippen LogP contribution in [0, 0.1) is 0 Å². The summed E-state index contributed by atoms with van der Waals surface area (Å²) in [5.74, 6) is 1.61. The molecule has 2 N–H and O–H groups in total. The minimum absolute atomic E-state index is 0.736. The van der Waals surface area contributed by atoms with Crippen LogP contribution in [0.15, 0.2) is 65.4 Å². The number of ether oxygens (including phenoxy) is 1. The number of benzene rings is 2. The Hall–Kier alpha value is -2.26. The lowest BCUT2D eigenvalue weighted by Crippen LogP contribution is -1.86. The third kappa shape index (κ3) is 2.77. The molecule has 0 saturated heterocycles. The van der Waals surface area contributed by atoms with Crippen molar-refractivity contribution in [3.05, 3.63) is 65.4 Å². The van der Waals surface area contributed by atoms with Crippen molar-refractivity contribution in [3.63, 3.8) is 0 Å². The molecule has 0 atom stereocenters. The van der Waals surface area contributed by atoms with Crippen molar-refractivity contribution in [2.24, 2.45) is 0 Å². The van der Waals surface area contributed by atoms with Crippen molar-refractivity contribution < 1.29 is 4.74 Å². The van der Waals surface area contributed by atoms with Crippen LogP contribution in [0.3, 0.4) is 0 Å². The second-order valence-corrected chi connectivity index (χ2v) is 4.99. The molecule has 0 saturated carbocycles. The van der Waals surface area contributed by atoms with Crippen LogP contribution in [0.25, 0.3) is 11.1 Å². The maximum atomic E-state index is 5.75. The first kappa shape index (κ1) is 11.8. The summed E-state index contributed by atoms with van der Waals surface area (Å²) < 4.78 is 5.75. The molecule has 19 heavy (non-hydrogen) atoms. The van der Waals surface area contributed by atoms with Crippen molar-refractivity contribution in [2.45, 2.75) is 0 Å². The van der Waals surface area contributed by atoms with Crippen molar-refractivity contribution >= 4 is 17.0 Å². The highest BCUT2D eigenvalue weighted by atomic mass is 32.1. The van der Waals surface area contributed by atoms with E-state index in [1.54, 1.807) is 11.3 Å². The van der Waals surface area contributed by atoms with Gasteiger partial charge in [0.05, 0.1) is 0 Å².